The second-order valence-electron chi connectivity index (χ2n) is 11.1. The molecule has 0 saturated carbocycles. The highest BCUT2D eigenvalue weighted by atomic mass is 32.2. The summed E-state index contributed by atoms with van der Waals surface area (Å²) in [7, 11) is 0. The van der Waals surface area contributed by atoms with Crippen LogP contribution in [0.3, 0.4) is 0 Å². The van der Waals surface area contributed by atoms with Crippen molar-refractivity contribution < 1.29 is 19.1 Å². The van der Waals surface area contributed by atoms with E-state index in [2.05, 4.69) is 35.9 Å². The molecule has 2 aliphatic rings. The summed E-state index contributed by atoms with van der Waals surface area (Å²) in [5.41, 5.74) is 2.84. The van der Waals surface area contributed by atoms with Crippen molar-refractivity contribution in [3.63, 3.8) is 0 Å². The Morgan fingerprint density at radius 1 is 1.20 bits per heavy atom. The number of rotatable bonds is 14. The van der Waals surface area contributed by atoms with E-state index >= 15 is 0 Å². The molecule has 2 saturated heterocycles. The maximum absolute atomic E-state index is 13.7. The molecule has 1 aromatic carbocycles. The molecule has 2 atom stereocenters. The van der Waals surface area contributed by atoms with Crippen molar-refractivity contribution in [2.75, 3.05) is 44.4 Å². The minimum absolute atomic E-state index is 0.0141. The SMILES string of the molecule is C=C(CN1CCSCC1)C(=O)CC[C@@H](NC(=O)[C@@H](CC(C)=O)Cc1nc2ccc(CC)cc2s1)C1CCOCC1. The van der Waals surface area contributed by atoms with Gasteiger partial charge < -0.3 is 14.8 Å². The highest BCUT2D eigenvalue weighted by Crippen LogP contribution is 2.28. The number of thioether (sulfide) groups is 1. The van der Waals surface area contributed by atoms with Gasteiger partial charge in [-0.15, -0.1) is 11.3 Å². The summed E-state index contributed by atoms with van der Waals surface area (Å²) in [6, 6.07) is 6.14. The highest BCUT2D eigenvalue weighted by molar-refractivity contribution is 7.99. The number of carbonyl (C=O) groups excluding carboxylic acids is 3. The number of nitrogens with one attached hydrogen (secondary N) is 1. The van der Waals surface area contributed by atoms with Crippen LogP contribution >= 0.6 is 23.1 Å². The first-order valence-corrected chi connectivity index (χ1v) is 16.6. The van der Waals surface area contributed by atoms with Gasteiger partial charge in [-0.05, 0) is 56.2 Å². The van der Waals surface area contributed by atoms with E-state index < -0.39 is 5.92 Å². The molecule has 4 rings (SSSR count). The summed E-state index contributed by atoms with van der Waals surface area (Å²) in [6.07, 6.45) is 4.18. The fourth-order valence-electron chi connectivity index (χ4n) is 5.56. The molecule has 40 heavy (non-hydrogen) atoms. The molecular formula is C31H43N3O4S2. The van der Waals surface area contributed by atoms with Crippen LogP contribution in [-0.4, -0.2) is 77.8 Å². The van der Waals surface area contributed by atoms with E-state index in [1.54, 1.807) is 11.3 Å². The van der Waals surface area contributed by atoms with Gasteiger partial charge in [0, 0.05) is 75.2 Å². The van der Waals surface area contributed by atoms with Gasteiger partial charge >= 0.3 is 0 Å². The van der Waals surface area contributed by atoms with E-state index in [4.69, 9.17) is 9.72 Å². The summed E-state index contributed by atoms with van der Waals surface area (Å²) in [5, 5.41) is 4.15. The number of ether oxygens (including phenoxy) is 1. The third-order valence-electron chi connectivity index (χ3n) is 7.99. The van der Waals surface area contributed by atoms with E-state index in [0.29, 0.717) is 44.6 Å². The van der Waals surface area contributed by atoms with Crippen LogP contribution < -0.4 is 5.32 Å². The summed E-state index contributed by atoms with van der Waals surface area (Å²) in [6.45, 7) is 11.7. The quantitative estimate of drug-likeness (QED) is 0.317. The molecule has 7 nitrogen and oxygen atoms in total. The number of aromatic nitrogens is 1. The highest BCUT2D eigenvalue weighted by Gasteiger charge is 2.30. The Labute approximate surface area is 246 Å². The molecule has 0 bridgehead atoms. The summed E-state index contributed by atoms with van der Waals surface area (Å²) >= 11 is 3.55. The number of hydrogen-bond donors (Lipinski definition) is 1. The summed E-state index contributed by atoms with van der Waals surface area (Å²) < 4.78 is 6.68. The van der Waals surface area contributed by atoms with Crippen LogP contribution in [0.1, 0.15) is 56.5 Å². The smallest absolute Gasteiger partial charge is 0.224 e. The van der Waals surface area contributed by atoms with Crippen molar-refractivity contribution in [2.45, 2.75) is 64.8 Å². The van der Waals surface area contributed by atoms with Crippen molar-refractivity contribution in [2.24, 2.45) is 11.8 Å². The van der Waals surface area contributed by atoms with Gasteiger partial charge in [0.1, 0.15) is 5.78 Å². The Bertz CT molecular complexity index is 1180. The number of fused-ring (bicyclic) bond motifs is 1. The Morgan fingerprint density at radius 2 is 1.95 bits per heavy atom. The maximum atomic E-state index is 13.7. The number of carbonyl (C=O) groups is 3. The second-order valence-corrected chi connectivity index (χ2v) is 13.4. The van der Waals surface area contributed by atoms with Gasteiger partial charge in [0.25, 0.3) is 0 Å². The lowest BCUT2D eigenvalue weighted by atomic mass is 9.87. The first kappa shape index (κ1) is 30.9. The van der Waals surface area contributed by atoms with Crippen LogP contribution in [0.15, 0.2) is 30.4 Å². The third kappa shape index (κ3) is 8.96. The summed E-state index contributed by atoms with van der Waals surface area (Å²) in [5.74, 6) is 1.87. The number of hydrogen-bond acceptors (Lipinski definition) is 8. The number of thiazole rings is 1. The van der Waals surface area contributed by atoms with Crippen LogP contribution in [0.2, 0.25) is 0 Å². The first-order valence-electron chi connectivity index (χ1n) is 14.6. The first-order chi connectivity index (χ1) is 19.3. The second kappa shape index (κ2) is 15.2. The Balaban J connectivity index is 1.41. The standard InChI is InChI=1S/C31H43N3O4S2/c1-4-23-5-6-27-29(18-23)40-30(32-27)19-25(17-22(3)35)31(37)33-26(24-9-13-38-14-10-24)7-8-28(36)21(2)20-34-11-15-39-16-12-34/h5-6,18,24-26H,2,4,7-17,19-20H2,1,3H3,(H,33,37)/t25-,26+/m0/s1. The number of aryl methyl sites for hydroxylation is 1. The lowest BCUT2D eigenvalue weighted by Gasteiger charge is -2.32. The van der Waals surface area contributed by atoms with Crippen molar-refractivity contribution in [3.8, 4) is 0 Å². The van der Waals surface area contributed by atoms with Crippen LogP contribution in [-0.2, 0) is 32.0 Å². The van der Waals surface area contributed by atoms with Gasteiger partial charge in [-0.1, -0.05) is 19.6 Å². The van der Waals surface area contributed by atoms with Gasteiger partial charge in [0.2, 0.25) is 5.91 Å². The molecule has 2 aromatic rings. The molecule has 9 heteroatoms. The molecular weight excluding hydrogens is 542 g/mol. The van der Waals surface area contributed by atoms with Crippen molar-refractivity contribution in [1.29, 1.82) is 0 Å². The molecule has 0 spiro atoms. The zero-order chi connectivity index (χ0) is 28.5. The van der Waals surface area contributed by atoms with E-state index in [1.165, 1.54) is 12.5 Å². The minimum Gasteiger partial charge on any atom is -0.381 e. The van der Waals surface area contributed by atoms with E-state index in [0.717, 1.165) is 59.1 Å². The van der Waals surface area contributed by atoms with Crippen molar-refractivity contribution >= 4 is 50.8 Å². The van der Waals surface area contributed by atoms with Crippen LogP contribution in [0.5, 0.6) is 0 Å². The topological polar surface area (TPSA) is 88.6 Å². The normalized spacial score (nSPS) is 18.4. The number of Topliss-reactive ketones (excluding diaryl/α,β-unsaturated/α-hetero) is 2. The third-order valence-corrected chi connectivity index (χ3v) is 9.97. The largest absolute Gasteiger partial charge is 0.381 e. The zero-order valence-electron chi connectivity index (χ0n) is 23.9. The molecule has 0 unspecified atom stereocenters. The maximum Gasteiger partial charge on any atom is 0.224 e. The molecule has 1 N–H and O–H groups in total. The molecule has 0 aliphatic carbocycles. The van der Waals surface area contributed by atoms with Gasteiger partial charge in [-0.3, -0.25) is 14.5 Å². The van der Waals surface area contributed by atoms with Crippen molar-refractivity contribution in [3.05, 3.63) is 40.9 Å². The molecule has 2 fully saturated rings. The predicted octanol–water partition coefficient (Wildman–Crippen LogP) is 4.86. The Kier molecular flexibility index (Phi) is 11.8. The van der Waals surface area contributed by atoms with Crippen LogP contribution in [0.4, 0.5) is 0 Å². The molecule has 2 aliphatic heterocycles. The molecule has 218 valence electrons. The number of ketones is 2. The van der Waals surface area contributed by atoms with Gasteiger partial charge in [-0.25, -0.2) is 4.98 Å². The van der Waals surface area contributed by atoms with E-state index in [9.17, 15) is 14.4 Å². The Hall–Kier alpha value is -2.07. The fraction of sp³-hybridized carbons (Fsp3) is 0.613. The number of amides is 1. The average Bonchev–Trinajstić information content (AvgIpc) is 3.36. The predicted molar refractivity (Wildman–Crippen MR) is 164 cm³/mol. The monoisotopic (exact) mass is 585 g/mol. The van der Waals surface area contributed by atoms with Crippen molar-refractivity contribution in [1.82, 2.24) is 15.2 Å². The Morgan fingerprint density at radius 3 is 2.65 bits per heavy atom. The number of nitrogens with zero attached hydrogens (tertiary/aromatic N) is 2. The lowest BCUT2D eigenvalue weighted by Crippen LogP contribution is -2.45. The van der Waals surface area contributed by atoms with Gasteiger partial charge in [0.05, 0.1) is 21.1 Å². The lowest BCUT2D eigenvalue weighted by molar-refractivity contribution is -0.130. The van der Waals surface area contributed by atoms with Crippen LogP contribution in [0, 0.1) is 11.8 Å². The van der Waals surface area contributed by atoms with Gasteiger partial charge in [-0.2, -0.15) is 11.8 Å². The van der Waals surface area contributed by atoms with Gasteiger partial charge in [0.15, 0.2) is 5.78 Å². The summed E-state index contributed by atoms with van der Waals surface area (Å²) in [4.78, 5) is 45.9. The fourth-order valence-corrected chi connectivity index (χ4v) is 7.65. The number of benzene rings is 1. The molecule has 1 aromatic heterocycles. The van der Waals surface area contributed by atoms with E-state index in [1.807, 2.05) is 17.8 Å². The van der Waals surface area contributed by atoms with Crippen LogP contribution in [0.25, 0.3) is 10.2 Å². The zero-order valence-corrected chi connectivity index (χ0v) is 25.5. The molecule has 3 heterocycles. The molecule has 1 amide bonds. The minimum atomic E-state index is -0.492. The average molecular weight is 586 g/mol. The molecule has 0 radical (unpaired) electrons. The van der Waals surface area contributed by atoms with E-state index in [-0.39, 0.29) is 35.9 Å².